The molecule has 0 radical (unpaired) electrons. The van der Waals surface area contributed by atoms with Crippen LogP contribution < -0.4 is 10.6 Å². The average molecular weight is 356 g/mol. The smallest absolute Gasteiger partial charge is 0.233 e. The lowest BCUT2D eigenvalue weighted by atomic mass is 10.1. The number of carbonyl (C=O) groups is 1. The van der Waals surface area contributed by atoms with Crippen LogP contribution in [0.5, 0.6) is 0 Å². The van der Waals surface area contributed by atoms with Crippen LogP contribution in [0.15, 0.2) is 0 Å². The van der Waals surface area contributed by atoms with Gasteiger partial charge in [-0.25, -0.2) is 0 Å². The summed E-state index contributed by atoms with van der Waals surface area (Å²) in [5.41, 5.74) is 0. The van der Waals surface area contributed by atoms with E-state index in [0.717, 1.165) is 26.1 Å². The number of unbranched alkanes of at least 4 members (excludes halogenated alkanes) is 5. The maximum Gasteiger partial charge on any atom is 0.233 e. The van der Waals surface area contributed by atoms with E-state index in [1.54, 1.807) is 0 Å². The first-order chi connectivity index (χ1) is 12.1. The van der Waals surface area contributed by atoms with Crippen LogP contribution in [0, 0.1) is 0 Å². The molecule has 0 saturated carbocycles. The molecular formula is C20H41N3O2. The Hall–Kier alpha value is -0.650. The van der Waals surface area contributed by atoms with Crippen molar-refractivity contribution >= 4 is 5.91 Å². The first-order valence-electron chi connectivity index (χ1n) is 10.5. The van der Waals surface area contributed by atoms with Gasteiger partial charge in [-0.2, -0.15) is 0 Å². The third-order valence-corrected chi connectivity index (χ3v) is 4.69. The number of carbonyl (C=O) groups excluding carboxylic acids is 1. The highest BCUT2D eigenvalue weighted by Crippen LogP contribution is 2.16. The van der Waals surface area contributed by atoms with Gasteiger partial charge in [0.15, 0.2) is 0 Å². The molecule has 0 bridgehead atoms. The topological polar surface area (TPSA) is 53.6 Å². The van der Waals surface area contributed by atoms with Crippen LogP contribution in [0.2, 0.25) is 0 Å². The molecule has 0 aliphatic carbocycles. The lowest BCUT2D eigenvalue weighted by molar-refractivity contribution is -0.120. The predicted octanol–water partition coefficient (Wildman–Crippen LogP) is 2.94. The maximum absolute atomic E-state index is 11.4. The van der Waals surface area contributed by atoms with Crippen LogP contribution in [0.1, 0.15) is 72.1 Å². The number of rotatable bonds is 14. The van der Waals surface area contributed by atoms with Crippen LogP contribution >= 0.6 is 0 Å². The molecular weight excluding hydrogens is 314 g/mol. The minimum atomic E-state index is 0.114. The first-order valence-corrected chi connectivity index (χ1v) is 10.5. The maximum atomic E-state index is 11.4. The summed E-state index contributed by atoms with van der Waals surface area (Å²) in [7, 11) is 0. The van der Waals surface area contributed by atoms with Gasteiger partial charge in [-0.05, 0) is 59.2 Å². The van der Waals surface area contributed by atoms with Gasteiger partial charge in [0.2, 0.25) is 5.91 Å². The Morgan fingerprint density at radius 3 is 2.60 bits per heavy atom. The lowest BCUT2D eigenvalue weighted by Crippen LogP contribution is -2.41. The molecule has 1 unspecified atom stereocenters. The Morgan fingerprint density at radius 2 is 1.88 bits per heavy atom. The molecule has 2 N–H and O–H groups in total. The zero-order valence-corrected chi connectivity index (χ0v) is 16.8. The van der Waals surface area contributed by atoms with Crippen molar-refractivity contribution in [2.75, 3.05) is 39.3 Å². The summed E-state index contributed by atoms with van der Waals surface area (Å²) in [4.78, 5) is 14.0. The van der Waals surface area contributed by atoms with Gasteiger partial charge in [-0.1, -0.05) is 32.6 Å². The number of nitrogens with one attached hydrogen (secondary N) is 2. The van der Waals surface area contributed by atoms with Crippen molar-refractivity contribution < 1.29 is 9.53 Å². The molecule has 1 aliphatic rings. The Labute approximate surface area is 155 Å². The number of piperidine rings is 1. The van der Waals surface area contributed by atoms with Gasteiger partial charge in [0.05, 0.1) is 18.8 Å². The number of hydrogen-bond acceptors (Lipinski definition) is 4. The highest BCUT2D eigenvalue weighted by molar-refractivity contribution is 5.77. The van der Waals surface area contributed by atoms with Crippen molar-refractivity contribution in [3.63, 3.8) is 0 Å². The molecule has 1 heterocycles. The summed E-state index contributed by atoms with van der Waals surface area (Å²) in [6.07, 6.45) is 10.8. The molecule has 148 valence electrons. The van der Waals surface area contributed by atoms with Crippen LogP contribution in [0.25, 0.3) is 0 Å². The molecule has 1 rings (SSSR count). The number of nitrogens with zero attached hydrogens (tertiary/aromatic N) is 1. The second-order valence-corrected chi connectivity index (χ2v) is 7.50. The number of hydrogen-bond donors (Lipinski definition) is 2. The third kappa shape index (κ3) is 12.4. The quantitative estimate of drug-likeness (QED) is 0.470. The van der Waals surface area contributed by atoms with Crippen molar-refractivity contribution in [3.8, 4) is 0 Å². The Kier molecular flexibility index (Phi) is 13.0. The van der Waals surface area contributed by atoms with Gasteiger partial charge in [0.25, 0.3) is 0 Å². The summed E-state index contributed by atoms with van der Waals surface area (Å²) in [6, 6.07) is 0. The fourth-order valence-corrected chi connectivity index (χ4v) is 3.41. The molecule has 0 aromatic carbocycles. The molecule has 25 heavy (non-hydrogen) atoms. The van der Waals surface area contributed by atoms with Crippen molar-refractivity contribution in [3.05, 3.63) is 0 Å². The van der Waals surface area contributed by atoms with E-state index >= 15 is 0 Å². The van der Waals surface area contributed by atoms with Crippen molar-refractivity contribution in [1.82, 2.24) is 15.5 Å². The standard InChI is InChI=1S/C20H41N3O2/c1-4-21-16-20(24)22-13-9-7-5-6-8-10-14-23-15-11-12-19(17-23)25-18(2)3/h18-19,21H,4-17H2,1-3H3,(H,22,24). The van der Waals surface area contributed by atoms with Crippen molar-refractivity contribution in [1.29, 1.82) is 0 Å². The minimum absolute atomic E-state index is 0.114. The Morgan fingerprint density at radius 1 is 1.16 bits per heavy atom. The molecule has 1 atom stereocenters. The highest BCUT2D eigenvalue weighted by atomic mass is 16.5. The molecule has 0 spiro atoms. The molecule has 5 nitrogen and oxygen atoms in total. The summed E-state index contributed by atoms with van der Waals surface area (Å²) >= 11 is 0. The predicted molar refractivity (Wildman–Crippen MR) is 105 cm³/mol. The SMILES string of the molecule is CCNCC(=O)NCCCCCCCCN1CCCC(OC(C)C)C1. The zero-order chi connectivity index (χ0) is 18.3. The molecule has 1 fully saturated rings. The van der Waals surface area contributed by atoms with Crippen LogP contribution in [-0.4, -0.2) is 62.3 Å². The van der Waals surface area contributed by atoms with Crippen molar-refractivity contribution in [2.45, 2.75) is 84.3 Å². The molecule has 0 aromatic rings. The average Bonchev–Trinajstić information content (AvgIpc) is 2.58. The first kappa shape index (κ1) is 22.4. The highest BCUT2D eigenvalue weighted by Gasteiger charge is 2.20. The summed E-state index contributed by atoms with van der Waals surface area (Å²) in [5.74, 6) is 0.114. The zero-order valence-electron chi connectivity index (χ0n) is 16.8. The number of likely N-dealkylation sites (tertiary alicyclic amines) is 1. The van der Waals surface area contributed by atoms with E-state index in [4.69, 9.17) is 4.74 Å². The van der Waals surface area contributed by atoms with Gasteiger partial charge >= 0.3 is 0 Å². The second-order valence-electron chi connectivity index (χ2n) is 7.50. The van der Waals surface area contributed by atoms with Gasteiger partial charge in [0, 0.05) is 13.1 Å². The van der Waals surface area contributed by atoms with Gasteiger partial charge in [-0.3, -0.25) is 4.79 Å². The number of amides is 1. The monoisotopic (exact) mass is 355 g/mol. The molecule has 1 saturated heterocycles. The normalized spacial score (nSPS) is 18.6. The molecule has 0 aromatic heterocycles. The fourth-order valence-electron chi connectivity index (χ4n) is 3.41. The van der Waals surface area contributed by atoms with Gasteiger partial charge in [0.1, 0.15) is 0 Å². The van der Waals surface area contributed by atoms with Crippen LogP contribution in [0.4, 0.5) is 0 Å². The summed E-state index contributed by atoms with van der Waals surface area (Å²) in [5, 5.41) is 6.00. The van der Waals surface area contributed by atoms with E-state index in [9.17, 15) is 4.79 Å². The third-order valence-electron chi connectivity index (χ3n) is 4.69. The van der Waals surface area contributed by atoms with Crippen LogP contribution in [0.3, 0.4) is 0 Å². The van der Waals surface area contributed by atoms with E-state index in [1.165, 1.54) is 58.0 Å². The number of ether oxygens (including phenoxy) is 1. The Bertz CT molecular complexity index is 337. The fraction of sp³-hybridized carbons (Fsp3) is 0.950. The molecule has 1 aliphatic heterocycles. The van der Waals surface area contributed by atoms with Gasteiger partial charge in [-0.15, -0.1) is 0 Å². The number of likely N-dealkylation sites (N-methyl/N-ethyl adjacent to an activating group) is 1. The second kappa shape index (κ2) is 14.5. The Balaban J connectivity index is 1.89. The van der Waals surface area contributed by atoms with Crippen molar-refractivity contribution in [2.24, 2.45) is 0 Å². The summed E-state index contributed by atoms with van der Waals surface area (Å²) < 4.78 is 5.97. The van der Waals surface area contributed by atoms with E-state index in [-0.39, 0.29) is 5.91 Å². The van der Waals surface area contributed by atoms with E-state index in [2.05, 4.69) is 29.4 Å². The van der Waals surface area contributed by atoms with E-state index in [0.29, 0.717) is 18.8 Å². The largest absolute Gasteiger partial charge is 0.374 e. The van der Waals surface area contributed by atoms with Crippen LogP contribution in [-0.2, 0) is 9.53 Å². The van der Waals surface area contributed by atoms with E-state index < -0.39 is 0 Å². The van der Waals surface area contributed by atoms with Gasteiger partial charge < -0.3 is 20.3 Å². The van der Waals surface area contributed by atoms with E-state index in [1.807, 2.05) is 6.92 Å². The summed E-state index contributed by atoms with van der Waals surface area (Å²) in [6.45, 7) is 11.9. The lowest BCUT2D eigenvalue weighted by Gasteiger charge is -2.33. The molecule has 1 amide bonds. The molecule has 5 heteroatoms. The minimum Gasteiger partial charge on any atom is -0.374 e.